The number of rotatable bonds is 7. The second kappa shape index (κ2) is 8.98. The van der Waals surface area contributed by atoms with Crippen molar-refractivity contribution in [3.63, 3.8) is 0 Å². The van der Waals surface area contributed by atoms with Gasteiger partial charge in [-0.3, -0.25) is 0 Å². The fraction of sp³-hybridized carbons (Fsp3) is 0.316. The fourth-order valence-electron chi connectivity index (χ4n) is 2.39. The minimum absolute atomic E-state index is 0.0639. The number of benzene rings is 2. The predicted molar refractivity (Wildman–Crippen MR) is 98.2 cm³/mol. The van der Waals surface area contributed by atoms with Gasteiger partial charge in [0.25, 0.3) is 0 Å². The molecule has 4 heteroatoms. The second-order valence-corrected chi connectivity index (χ2v) is 7.27. The lowest BCUT2D eigenvalue weighted by atomic mass is 9.95. The minimum Gasteiger partial charge on any atom is -0.309 e. The number of nitrogens with zero attached hydrogens (tertiary/aromatic N) is 2. The van der Waals surface area contributed by atoms with Crippen molar-refractivity contribution < 1.29 is 0 Å². The zero-order valence-electron chi connectivity index (χ0n) is 13.5. The molecule has 0 saturated carbocycles. The molecule has 0 spiro atoms. The topological polar surface area (TPSA) is 27.0 Å². The third kappa shape index (κ3) is 5.58. The van der Waals surface area contributed by atoms with Gasteiger partial charge in [-0.25, -0.2) is 0 Å². The molecule has 2 aromatic carbocycles. The quantitative estimate of drug-likeness (QED) is 0.669. The number of nitriles is 1. The lowest BCUT2D eigenvalue weighted by Gasteiger charge is -2.15. The van der Waals surface area contributed by atoms with Crippen LogP contribution in [0.3, 0.4) is 0 Å². The van der Waals surface area contributed by atoms with Crippen LogP contribution in [0, 0.1) is 11.3 Å². The van der Waals surface area contributed by atoms with E-state index in [9.17, 15) is 5.26 Å². The van der Waals surface area contributed by atoms with Crippen LogP contribution in [0.1, 0.15) is 24.3 Å². The summed E-state index contributed by atoms with van der Waals surface area (Å²) in [6, 6.07) is 18.5. The van der Waals surface area contributed by atoms with Gasteiger partial charge in [0.1, 0.15) is 0 Å². The van der Waals surface area contributed by atoms with Crippen molar-refractivity contribution in [2.45, 2.75) is 28.6 Å². The first-order chi connectivity index (χ1) is 11.1. The first-order valence-electron chi connectivity index (χ1n) is 7.67. The second-order valence-electron chi connectivity index (χ2n) is 5.72. The van der Waals surface area contributed by atoms with E-state index in [1.54, 1.807) is 11.8 Å². The lowest BCUT2D eigenvalue weighted by molar-refractivity contribution is 0.391. The van der Waals surface area contributed by atoms with E-state index < -0.39 is 0 Å². The van der Waals surface area contributed by atoms with Crippen LogP contribution in [0.25, 0.3) is 0 Å². The van der Waals surface area contributed by atoms with E-state index >= 15 is 0 Å². The first-order valence-corrected chi connectivity index (χ1v) is 8.86. The summed E-state index contributed by atoms with van der Waals surface area (Å²) >= 11 is 7.63. The Balaban J connectivity index is 2.15. The van der Waals surface area contributed by atoms with Gasteiger partial charge in [0.15, 0.2) is 0 Å². The van der Waals surface area contributed by atoms with E-state index in [0.29, 0.717) is 0 Å². The number of hydrogen-bond donors (Lipinski definition) is 0. The van der Waals surface area contributed by atoms with Crippen molar-refractivity contribution in [2.24, 2.45) is 0 Å². The highest BCUT2D eigenvalue weighted by Gasteiger charge is 2.15. The molecule has 2 nitrogen and oxygen atoms in total. The van der Waals surface area contributed by atoms with Crippen molar-refractivity contribution >= 4 is 23.4 Å². The van der Waals surface area contributed by atoms with Gasteiger partial charge in [0.05, 0.1) is 12.0 Å². The normalized spacial score (nSPS) is 12.1. The van der Waals surface area contributed by atoms with Crippen molar-refractivity contribution in [3.05, 3.63) is 59.1 Å². The summed E-state index contributed by atoms with van der Waals surface area (Å²) < 4.78 is 0. The fourth-order valence-corrected chi connectivity index (χ4v) is 3.52. The highest BCUT2D eigenvalue weighted by atomic mass is 35.5. The van der Waals surface area contributed by atoms with Gasteiger partial charge in [-0.15, -0.1) is 0 Å². The molecular formula is C19H21ClN2S. The van der Waals surface area contributed by atoms with E-state index in [0.717, 1.165) is 39.8 Å². The molecule has 0 bridgehead atoms. The van der Waals surface area contributed by atoms with Crippen LogP contribution in [0.5, 0.6) is 0 Å². The van der Waals surface area contributed by atoms with Gasteiger partial charge in [0.2, 0.25) is 0 Å². The minimum atomic E-state index is -0.0639. The SMILES string of the molecule is CN(C)CCC[C@H](C#N)c1ccccc1Sc1ccc(Cl)cc1. The third-order valence-electron chi connectivity index (χ3n) is 3.59. The van der Waals surface area contributed by atoms with E-state index in [-0.39, 0.29) is 5.92 Å². The molecule has 0 N–H and O–H groups in total. The molecule has 2 rings (SSSR count). The average molecular weight is 345 g/mol. The van der Waals surface area contributed by atoms with Gasteiger partial charge >= 0.3 is 0 Å². The summed E-state index contributed by atoms with van der Waals surface area (Å²) in [6.07, 6.45) is 1.90. The molecule has 0 amide bonds. The monoisotopic (exact) mass is 344 g/mol. The molecule has 0 saturated heterocycles. The van der Waals surface area contributed by atoms with E-state index in [2.05, 4.69) is 37.2 Å². The predicted octanol–water partition coefficient (Wildman–Crippen LogP) is 5.44. The van der Waals surface area contributed by atoms with Crippen LogP contribution in [-0.4, -0.2) is 25.5 Å². The molecule has 2 aromatic rings. The zero-order valence-corrected chi connectivity index (χ0v) is 15.1. The maximum atomic E-state index is 9.58. The Morgan fingerprint density at radius 1 is 1.13 bits per heavy atom. The van der Waals surface area contributed by atoms with Crippen LogP contribution >= 0.6 is 23.4 Å². The van der Waals surface area contributed by atoms with Gasteiger partial charge in [-0.1, -0.05) is 41.6 Å². The summed E-state index contributed by atoms with van der Waals surface area (Å²) in [6.45, 7) is 1.00. The summed E-state index contributed by atoms with van der Waals surface area (Å²) in [5, 5.41) is 10.3. The Morgan fingerprint density at radius 3 is 2.48 bits per heavy atom. The van der Waals surface area contributed by atoms with Crippen LogP contribution in [-0.2, 0) is 0 Å². The smallest absolute Gasteiger partial charge is 0.0724 e. The molecule has 0 aliphatic heterocycles. The molecule has 0 aliphatic carbocycles. The number of hydrogen-bond acceptors (Lipinski definition) is 3. The lowest BCUT2D eigenvalue weighted by Crippen LogP contribution is -2.13. The van der Waals surface area contributed by atoms with Gasteiger partial charge in [-0.05, 0) is 69.4 Å². The first kappa shape index (κ1) is 17.9. The van der Waals surface area contributed by atoms with Crippen LogP contribution in [0.15, 0.2) is 58.3 Å². The Bertz CT molecular complexity index is 662. The molecular weight excluding hydrogens is 324 g/mol. The van der Waals surface area contributed by atoms with E-state index in [1.807, 2.05) is 36.4 Å². The summed E-state index contributed by atoms with van der Waals surface area (Å²) in [4.78, 5) is 4.43. The van der Waals surface area contributed by atoms with Crippen molar-refractivity contribution in [1.82, 2.24) is 4.90 Å². The van der Waals surface area contributed by atoms with E-state index in [1.165, 1.54) is 0 Å². The van der Waals surface area contributed by atoms with Crippen molar-refractivity contribution in [1.29, 1.82) is 5.26 Å². The Morgan fingerprint density at radius 2 is 1.83 bits per heavy atom. The van der Waals surface area contributed by atoms with E-state index in [4.69, 9.17) is 11.6 Å². The van der Waals surface area contributed by atoms with Gasteiger partial charge in [0, 0.05) is 14.8 Å². The highest BCUT2D eigenvalue weighted by Crippen LogP contribution is 2.35. The summed E-state index contributed by atoms with van der Waals surface area (Å²) in [7, 11) is 4.12. The number of halogens is 1. The van der Waals surface area contributed by atoms with Crippen molar-refractivity contribution in [3.8, 4) is 6.07 Å². The molecule has 0 heterocycles. The molecule has 0 unspecified atom stereocenters. The Labute approximate surface area is 148 Å². The zero-order chi connectivity index (χ0) is 16.7. The van der Waals surface area contributed by atoms with Gasteiger partial charge in [-0.2, -0.15) is 5.26 Å². The van der Waals surface area contributed by atoms with Crippen LogP contribution < -0.4 is 0 Å². The van der Waals surface area contributed by atoms with Crippen LogP contribution in [0.4, 0.5) is 0 Å². The molecule has 0 aliphatic rings. The van der Waals surface area contributed by atoms with Crippen LogP contribution in [0.2, 0.25) is 5.02 Å². The average Bonchev–Trinajstić information content (AvgIpc) is 2.54. The third-order valence-corrected chi connectivity index (χ3v) is 4.94. The molecule has 120 valence electrons. The Hall–Kier alpha value is -1.47. The maximum Gasteiger partial charge on any atom is 0.0724 e. The summed E-state index contributed by atoms with van der Waals surface area (Å²) in [5.41, 5.74) is 1.12. The standard InChI is InChI=1S/C19H21ClN2S/c1-22(2)13-5-6-15(14-21)18-7-3-4-8-19(18)23-17-11-9-16(20)10-12-17/h3-4,7-12,15H,5-6,13H2,1-2H3/t15-/m1/s1. The molecule has 0 radical (unpaired) electrons. The molecule has 0 aromatic heterocycles. The molecule has 0 fully saturated rings. The maximum absolute atomic E-state index is 9.58. The van der Waals surface area contributed by atoms with Crippen molar-refractivity contribution in [2.75, 3.05) is 20.6 Å². The Kier molecular flexibility index (Phi) is 6.98. The molecule has 1 atom stereocenters. The molecule has 23 heavy (non-hydrogen) atoms. The highest BCUT2D eigenvalue weighted by molar-refractivity contribution is 7.99. The summed E-state index contributed by atoms with van der Waals surface area (Å²) in [5.74, 6) is -0.0639. The van der Waals surface area contributed by atoms with Gasteiger partial charge < -0.3 is 4.90 Å². The largest absolute Gasteiger partial charge is 0.309 e.